The number of rotatable bonds is 9. The SMILES string of the molecule is CCC(=O)N[C@H]1CC[C@@H](NC(=O)c2c(C)[nH]c3c(-c4cc(OC)c(F)cc4OCC4CC4)ccnc23)CC1. The molecule has 8 nitrogen and oxygen atoms in total. The van der Waals surface area contributed by atoms with E-state index in [2.05, 4.69) is 20.6 Å². The zero-order valence-corrected chi connectivity index (χ0v) is 22.2. The van der Waals surface area contributed by atoms with Crippen LogP contribution in [0.25, 0.3) is 22.2 Å². The van der Waals surface area contributed by atoms with Gasteiger partial charge in [-0.3, -0.25) is 14.6 Å². The highest BCUT2D eigenvalue weighted by Crippen LogP contribution is 2.40. The Bertz CT molecular complexity index is 1340. The van der Waals surface area contributed by atoms with Crippen LogP contribution in [0.4, 0.5) is 4.39 Å². The second kappa shape index (κ2) is 11.0. The molecule has 2 aromatic heterocycles. The van der Waals surface area contributed by atoms with Crippen molar-refractivity contribution in [3.63, 3.8) is 0 Å². The minimum Gasteiger partial charge on any atom is -0.494 e. The number of aromatic amines is 1. The highest BCUT2D eigenvalue weighted by Gasteiger charge is 2.27. The Labute approximate surface area is 221 Å². The Morgan fingerprint density at radius 1 is 1.05 bits per heavy atom. The van der Waals surface area contributed by atoms with Gasteiger partial charge in [0.15, 0.2) is 11.6 Å². The highest BCUT2D eigenvalue weighted by molar-refractivity contribution is 6.09. The zero-order valence-electron chi connectivity index (χ0n) is 22.2. The van der Waals surface area contributed by atoms with E-state index in [1.54, 1.807) is 12.3 Å². The van der Waals surface area contributed by atoms with Gasteiger partial charge >= 0.3 is 0 Å². The lowest BCUT2D eigenvalue weighted by molar-refractivity contribution is -0.121. The number of aromatic nitrogens is 2. The number of methoxy groups -OCH3 is 1. The first-order valence-electron chi connectivity index (χ1n) is 13.5. The number of nitrogens with zero attached hydrogens (tertiary/aromatic N) is 1. The maximum Gasteiger partial charge on any atom is 0.255 e. The molecule has 1 aromatic carbocycles. The molecule has 0 bridgehead atoms. The number of pyridine rings is 1. The van der Waals surface area contributed by atoms with E-state index in [9.17, 15) is 14.0 Å². The summed E-state index contributed by atoms with van der Waals surface area (Å²) in [6, 6.07) is 5.04. The zero-order chi connectivity index (χ0) is 26.8. The van der Waals surface area contributed by atoms with Gasteiger partial charge < -0.3 is 25.1 Å². The van der Waals surface area contributed by atoms with Gasteiger partial charge in [0.2, 0.25) is 5.91 Å². The predicted molar refractivity (Wildman–Crippen MR) is 143 cm³/mol. The van der Waals surface area contributed by atoms with E-state index in [0.29, 0.717) is 52.5 Å². The molecule has 0 spiro atoms. The van der Waals surface area contributed by atoms with Crippen molar-refractivity contribution in [2.45, 2.75) is 70.9 Å². The fourth-order valence-electron chi connectivity index (χ4n) is 5.19. The number of hydrogen-bond acceptors (Lipinski definition) is 5. The van der Waals surface area contributed by atoms with Crippen molar-refractivity contribution in [3.8, 4) is 22.6 Å². The summed E-state index contributed by atoms with van der Waals surface area (Å²) in [7, 11) is 1.43. The molecular weight excluding hydrogens is 487 g/mol. The van der Waals surface area contributed by atoms with E-state index in [4.69, 9.17) is 9.47 Å². The Balaban J connectivity index is 1.40. The van der Waals surface area contributed by atoms with Crippen molar-refractivity contribution in [2.24, 2.45) is 5.92 Å². The van der Waals surface area contributed by atoms with Crippen molar-refractivity contribution in [2.75, 3.05) is 13.7 Å². The van der Waals surface area contributed by atoms with Crippen LogP contribution in [0.15, 0.2) is 24.4 Å². The van der Waals surface area contributed by atoms with Crippen LogP contribution in [0.5, 0.6) is 11.5 Å². The lowest BCUT2D eigenvalue weighted by atomic mass is 9.91. The predicted octanol–water partition coefficient (Wildman–Crippen LogP) is 5.04. The molecule has 5 rings (SSSR count). The van der Waals surface area contributed by atoms with Gasteiger partial charge in [-0.05, 0) is 63.5 Å². The molecule has 202 valence electrons. The van der Waals surface area contributed by atoms with Crippen molar-refractivity contribution in [1.82, 2.24) is 20.6 Å². The number of ether oxygens (including phenoxy) is 2. The highest BCUT2D eigenvalue weighted by atomic mass is 19.1. The monoisotopic (exact) mass is 522 g/mol. The molecule has 0 saturated heterocycles. The minimum atomic E-state index is -0.487. The third-order valence-electron chi connectivity index (χ3n) is 7.57. The minimum absolute atomic E-state index is 0.0357. The third-order valence-corrected chi connectivity index (χ3v) is 7.57. The molecule has 9 heteroatoms. The average Bonchev–Trinajstić information content (AvgIpc) is 3.68. The fraction of sp³-hybridized carbons (Fsp3) is 0.483. The van der Waals surface area contributed by atoms with E-state index in [-0.39, 0.29) is 29.6 Å². The van der Waals surface area contributed by atoms with Gasteiger partial charge in [-0.2, -0.15) is 0 Å². The van der Waals surface area contributed by atoms with Gasteiger partial charge in [-0.15, -0.1) is 0 Å². The molecule has 2 heterocycles. The van der Waals surface area contributed by atoms with Gasteiger partial charge in [0.25, 0.3) is 5.91 Å². The van der Waals surface area contributed by atoms with Crippen molar-refractivity contribution in [3.05, 3.63) is 41.5 Å². The second-order valence-corrected chi connectivity index (χ2v) is 10.4. The third kappa shape index (κ3) is 5.47. The average molecular weight is 523 g/mol. The standard InChI is InChI=1S/C29H35FN4O4/c1-4-25(35)33-18-7-9-19(10-8-18)34-29(36)26-16(2)32-27-20(11-12-31-28(26)27)21-13-24(37-3)22(30)14-23(21)38-15-17-5-6-17/h11-14,17-19,32H,4-10,15H2,1-3H3,(H,33,35)(H,34,36)/t18-,19+. The molecule has 2 saturated carbocycles. The number of fused-ring (bicyclic) bond motifs is 1. The molecule has 2 fully saturated rings. The molecule has 2 aliphatic rings. The van der Waals surface area contributed by atoms with Crippen molar-refractivity contribution >= 4 is 22.8 Å². The number of hydrogen-bond donors (Lipinski definition) is 3. The van der Waals surface area contributed by atoms with Gasteiger partial charge in [0.1, 0.15) is 11.3 Å². The molecule has 0 radical (unpaired) electrons. The normalized spacial score (nSPS) is 19.3. The van der Waals surface area contributed by atoms with Gasteiger partial charge in [0.05, 0.1) is 24.8 Å². The molecular formula is C29H35FN4O4. The maximum absolute atomic E-state index is 14.6. The summed E-state index contributed by atoms with van der Waals surface area (Å²) in [6.45, 7) is 4.24. The van der Waals surface area contributed by atoms with Crippen LogP contribution in [-0.4, -0.2) is 47.6 Å². The van der Waals surface area contributed by atoms with Crippen LogP contribution >= 0.6 is 0 Å². The Morgan fingerprint density at radius 2 is 1.76 bits per heavy atom. The molecule has 2 amide bonds. The summed E-state index contributed by atoms with van der Waals surface area (Å²) in [6.07, 6.45) is 7.65. The summed E-state index contributed by atoms with van der Waals surface area (Å²) in [5.41, 5.74) is 3.88. The van der Waals surface area contributed by atoms with Crippen LogP contribution < -0.4 is 20.1 Å². The van der Waals surface area contributed by atoms with Gasteiger partial charge in [-0.1, -0.05) is 6.92 Å². The summed E-state index contributed by atoms with van der Waals surface area (Å²) < 4.78 is 25.9. The molecule has 0 aliphatic heterocycles. The Kier molecular flexibility index (Phi) is 7.53. The smallest absolute Gasteiger partial charge is 0.255 e. The van der Waals surface area contributed by atoms with Crippen LogP contribution in [0.3, 0.4) is 0 Å². The first-order chi connectivity index (χ1) is 18.4. The molecule has 0 unspecified atom stereocenters. The van der Waals surface area contributed by atoms with Crippen LogP contribution in [0.2, 0.25) is 0 Å². The molecule has 38 heavy (non-hydrogen) atoms. The molecule has 3 aromatic rings. The van der Waals surface area contributed by atoms with E-state index < -0.39 is 5.82 Å². The first kappa shape index (κ1) is 26.0. The van der Waals surface area contributed by atoms with Gasteiger partial charge in [0, 0.05) is 47.6 Å². The summed E-state index contributed by atoms with van der Waals surface area (Å²) in [5, 5.41) is 6.22. The van der Waals surface area contributed by atoms with E-state index >= 15 is 0 Å². The van der Waals surface area contributed by atoms with Crippen molar-refractivity contribution in [1.29, 1.82) is 0 Å². The number of H-pyrrole nitrogens is 1. The maximum atomic E-state index is 14.6. The topological polar surface area (TPSA) is 105 Å². The fourth-order valence-corrected chi connectivity index (χ4v) is 5.19. The van der Waals surface area contributed by atoms with Crippen LogP contribution in [0.1, 0.15) is 67.9 Å². The number of nitrogens with one attached hydrogen (secondary N) is 3. The summed E-state index contributed by atoms with van der Waals surface area (Å²) in [4.78, 5) is 33.0. The lowest BCUT2D eigenvalue weighted by Gasteiger charge is -2.29. The quantitative estimate of drug-likeness (QED) is 0.365. The van der Waals surface area contributed by atoms with Crippen LogP contribution in [0, 0.1) is 18.7 Å². The number of halogens is 1. The number of carbonyl (C=O) groups is 2. The van der Waals surface area contributed by atoms with Gasteiger partial charge in [-0.25, -0.2) is 4.39 Å². The lowest BCUT2D eigenvalue weighted by Crippen LogP contribution is -2.43. The second-order valence-electron chi connectivity index (χ2n) is 10.4. The van der Waals surface area contributed by atoms with E-state index in [1.807, 2.05) is 19.9 Å². The number of carbonyl (C=O) groups excluding carboxylic acids is 2. The number of amides is 2. The summed E-state index contributed by atoms with van der Waals surface area (Å²) in [5.74, 6) is 0.462. The Hall–Kier alpha value is -3.62. The van der Waals surface area contributed by atoms with E-state index in [1.165, 1.54) is 13.2 Å². The molecule has 3 N–H and O–H groups in total. The molecule has 0 atom stereocenters. The Morgan fingerprint density at radius 3 is 2.42 bits per heavy atom. The van der Waals surface area contributed by atoms with Crippen molar-refractivity contribution < 1.29 is 23.5 Å². The number of aryl methyl sites for hydroxylation is 1. The first-order valence-corrected chi connectivity index (χ1v) is 13.5. The largest absolute Gasteiger partial charge is 0.494 e. The molecule has 2 aliphatic carbocycles. The number of benzene rings is 1. The van der Waals surface area contributed by atoms with E-state index in [0.717, 1.165) is 44.1 Å². The van der Waals surface area contributed by atoms with Crippen LogP contribution in [-0.2, 0) is 4.79 Å². The summed E-state index contributed by atoms with van der Waals surface area (Å²) >= 11 is 0.